The van der Waals surface area contributed by atoms with Gasteiger partial charge in [0.1, 0.15) is 0 Å². The Kier molecular flexibility index (Phi) is 8.92. The largest absolute Gasteiger partial charge is 0.481 e. The van der Waals surface area contributed by atoms with Crippen molar-refractivity contribution in [3.63, 3.8) is 0 Å². The molecule has 0 aromatic heterocycles. The second-order valence-corrected chi connectivity index (χ2v) is 7.56. The van der Waals surface area contributed by atoms with E-state index in [0.717, 1.165) is 44.3 Å². The average Bonchev–Trinajstić information content (AvgIpc) is 2.72. The molecule has 5 heteroatoms. The van der Waals surface area contributed by atoms with Crippen molar-refractivity contribution >= 4 is 23.7 Å². The van der Waals surface area contributed by atoms with Gasteiger partial charge in [0.15, 0.2) is 5.78 Å². The number of benzene rings is 1. The van der Waals surface area contributed by atoms with Gasteiger partial charge in [0.05, 0.1) is 5.92 Å². The minimum atomic E-state index is -0.872. The second kappa shape index (κ2) is 11.4. The fraction of sp³-hybridized carbons (Fsp3) is 0.522. The molecule has 152 valence electrons. The summed E-state index contributed by atoms with van der Waals surface area (Å²) in [6, 6.07) is 7.38. The summed E-state index contributed by atoms with van der Waals surface area (Å²) in [6.45, 7) is 3.42. The first-order chi connectivity index (χ1) is 13.5. The van der Waals surface area contributed by atoms with E-state index in [4.69, 9.17) is 5.11 Å². The predicted molar refractivity (Wildman–Crippen MR) is 110 cm³/mol. The molecule has 1 N–H and O–H groups in total. The lowest BCUT2D eigenvalue weighted by Gasteiger charge is -2.26. The lowest BCUT2D eigenvalue weighted by atomic mass is 9.99. The maximum atomic E-state index is 12.3. The molecule has 1 aliphatic heterocycles. The van der Waals surface area contributed by atoms with Crippen LogP contribution < -0.4 is 0 Å². The number of carboxylic acid groups (broad SMARTS) is 1. The van der Waals surface area contributed by atoms with Crippen LogP contribution in [0.4, 0.5) is 0 Å². The van der Waals surface area contributed by atoms with E-state index in [0.29, 0.717) is 18.4 Å². The Hall–Kier alpha value is -2.43. The van der Waals surface area contributed by atoms with E-state index in [1.165, 1.54) is 6.42 Å². The molecule has 1 amide bonds. The summed E-state index contributed by atoms with van der Waals surface area (Å²) in [4.78, 5) is 37.2. The van der Waals surface area contributed by atoms with Crippen LogP contribution in [0, 0.1) is 5.92 Å². The number of aliphatic carboxylic acids is 1. The average molecular weight is 386 g/mol. The number of carboxylic acids is 1. The fourth-order valence-corrected chi connectivity index (χ4v) is 3.32. The number of hydrogen-bond donors (Lipinski definition) is 1. The van der Waals surface area contributed by atoms with Crippen LogP contribution in [-0.2, 0) is 9.59 Å². The van der Waals surface area contributed by atoms with E-state index < -0.39 is 11.9 Å². The lowest BCUT2D eigenvalue weighted by Crippen LogP contribution is -2.35. The summed E-state index contributed by atoms with van der Waals surface area (Å²) in [6.07, 6.45) is 10.3. The molecule has 28 heavy (non-hydrogen) atoms. The molecule has 1 aromatic carbocycles. The summed E-state index contributed by atoms with van der Waals surface area (Å²) in [5.41, 5.74) is 1.56. The van der Waals surface area contributed by atoms with Crippen molar-refractivity contribution in [2.45, 2.75) is 58.3 Å². The Morgan fingerprint density at radius 1 is 1.14 bits per heavy atom. The molecule has 1 atom stereocenters. The monoisotopic (exact) mass is 385 g/mol. The van der Waals surface area contributed by atoms with Crippen molar-refractivity contribution in [2.24, 2.45) is 5.92 Å². The molecule has 0 saturated carbocycles. The van der Waals surface area contributed by atoms with Crippen molar-refractivity contribution in [3.8, 4) is 0 Å². The van der Waals surface area contributed by atoms with Gasteiger partial charge in [0.2, 0.25) is 5.91 Å². The quantitative estimate of drug-likeness (QED) is 0.473. The zero-order chi connectivity index (χ0) is 20.4. The Labute approximate surface area is 167 Å². The topological polar surface area (TPSA) is 74.7 Å². The summed E-state index contributed by atoms with van der Waals surface area (Å²) in [5.74, 6) is -1.16. The van der Waals surface area contributed by atoms with Crippen molar-refractivity contribution in [1.29, 1.82) is 0 Å². The number of carbonyl (C=O) groups excluding carboxylic acids is 2. The van der Waals surface area contributed by atoms with Gasteiger partial charge in [0.25, 0.3) is 0 Å². The van der Waals surface area contributed by atoms with Crippen molar-refractivity contribution in [3.05, 3.63) is 41.5 Å². The highest BCUT2D eigenvalue weighted by Gasteiger charge is 2.15. The normalized spacial score (nSPS) is 15.5. The molecule has 0 spiro atoms. The molecule has 1 unspecified atom stereocenters. The highest BCUT2D eigenvalue weighted by molar-refractivity contribution is 5.96. The summed E-state index contributed by atoms with van der Waals surface area (Å²) in [7, 11) is 0. The van der Waals surface area contributed by atoms with Crippen LogP contribution in [0.25, 0.3) is 6.08 Å². The van der Waals surface area contributed by atoms with Crippen molar-refractivity contribution < 1.29 is 19.5 Å². The smallest absolute Gasteiger partial charge is 0.306 e. The first kappa shape index (κ1) is 21.9. The predicted octanol–water partition coefficient (Wildman–Crippen LogP) is 4.57. The molecule has 5 nitrogen and oxygen atoms in total. The van der Waals surface area contributed by atoms with Crippen molar-refractivity contribution in [2.75, 3.05) is 13.1 Å². The number of allylic oxidation sites excluding steroid dienone is 1. The van der Waals surface area contributed by atoms with Gasteiger partial charge in [-0.05, 0) is 50.2 Å². The van der Waals surface area contributed by atoms with Crippen LogP contribution in [0.3, 0.4) is 0 Å². The van der Waals surface area contributed by atoms with Gasteiger partial charge in [0, 0.05) is 31.5 Å². The van der Waals surface area contributed by atoms with E-state index in [1.807, 2.05) is 35.3 Å². The molecular formula is C23H31NO4. The SMILES string of the molecule is CC(CCC(=O)c1cccc(/C=C\CCCC(=O)N2CCCCC2)c1)C(=O)O. The third-order valence-corrected chi connectivity index (χ3v) is 5.22. The second-order valence-electron chi connectivity index (χ2n) is 7.56. The van der Waals surface area contributed by atoms with Gasteiger partial charge in [-0.25, -0.2) is 0 Å². The number of ketones is 1. The zero-order valence-electron chi connectivity index (χ0n) is 16.7. The maximum absolute atomic E-state index is 12.3. The maximum Gasteiger partial charge on any atom is 0.306 e. The third kappa shape index (κ3) is 7.29. The number of amides is 1. The zero-order valence-corrected chi connectivity index (χ0v) is 16.7. The number of nitrogens with zero attached hydrogens (tertiary/aromatic N) is 1. The van der Waals surface area contributed by atoms with E-state index in [9.17, 15) is 14.4 Å². The van der Waals surface area contributed by atoms with Gasteiger partial charge >= 0.3 is 5.97 Å². The first-order valence-corrected chi connectivity index (χ1v) is 10.3. The number of rotatable bonds is 10. The molecule has 1 fully saturated rings. The molecule has 2 rings (SSSR count). The first-order valence-electron chi connectivity index (χ1n) is 10.3. The molecular weight excluding hydrogens is 354 g/mol. The summed E-state index contributed by atoms with van der Waals surface area (Å²) >= 11 is 0. The Balaban J connectivity index is 1.76. The van der Waals surface area contributed by atoms with Crippen LogP contribution in [-0.4, -0.2) is 40.8 Å². The van der Waals surface area contributed by atoms with Crippen LogP contribution in [0.2, 0.25) is 0 Å². The van der Waals surface area contributed by atoms with Gasteiger partial charge in [-0.15, -0.1) is 0 Å². The highest BCUT2D eigenvalue weighted by atomic mass is 16.4. The molecule has 0 radical (unpaired) electrons. The molecule has 1 saturated heterocycles. The Morgan fingerprint density at radius 3 is 2.61 bits per heavy atom. The highest BCUT2D eigenvalue weighted by Crippen LogP contribution is 2.15. The third-order valence-electron chi connectivity index (χ3n) is 5.22. The van der Waals surface area contributed by atoms with E-state index in [2.05, 4.69) is 0 Å². The number of carbonyl (C=O) groups is 3. The number of hydrogen-bond acceptors (Lipinski definition) is 3. The fourth-order valence-electron chi connectivity index (χ4n) is 3.32. The molecule has 1 aromatic rings. The minimum absolute atomic E-state index is 0.0320. The summed E-state index contributed by atoms with van der Waals surface area (Å²) < 4.78 is 0. The molecule has 1 heterocycles. The van der Waals surface area contributed by atoms with Gasteiger partial charge in [-0.1, -0.05) is 37.3 Å². The van der Waals surface area contributed by atoms with E-state index in [1.54, 1.807) is 13.0 Å². The van der Waals surface area contributed by atoms with Crippen LogP contribution in [0.5, 0.6) is 0 Å². The van der Waals surface area contributed by atoms with Gasteiger partial charge in [-0.3, -0.25) is 14.4 Å². The standard InChI is InChI=1S/C23H31NO4/c1-18(23(27)28)13-14-21(25)20-11-8-10-19(17-20)9-4-2-5-12-22(26)24-15-6-3-7-16-24/h4,8-11,17-18H,2-3,5-7,12-16H2,1H3,(H,27,28)/b9-4-. The van der Waals surface area contributed by atoms with Crippen LogP contribution >= 0.6 is 0 Å². The number of unbranched alkanes of at least 4 members (excludes halogenated alkanes) is 1. The van der Waals surface area contributed by atoms with Crippen LogP contribution in [0.1, 0.15) is 74.2 Å². The molecule has 0 bridgehead atoms. The minimum Gasteiger partial charge on any atom is -0.481 e. The van der Waals surface area contributed by atoms with Crippen molar-refractivity contribution in [1.82, 2.24) is 4.90 Å². The van der Waals surface area contributed by atoms with Gasteiger partial charge in [-0.2, -0.15) is 0 Å². The molecule has 0 aliphatic carbocycles. The van der Waals surface area contributed by atoms with Crippen LogP contribution in [0.15, 0.2) is 30.3 Å². The van der Waals surface area contributed by atoms with E-state index >= 15 is 0 Å². The number of Topliss-reactive ketones (excluding diaryl/α,β-unsaturated/α-hetero) is 1. The van der Waals surface area contributed by atoms with E-state index in [-0.39, 0.29) is 18.1 Å². The van der Waals surface area contributed by atoms with Gasteiger partial charge < -0.3 is 10.0 Å². The Bertz CT molecular complexity index is 704. The summed E-state index contributed by atoms with van der Waals surface area (Å²) in [5, 5.41) is 8.91. The lowest BCUT2D eigenvalue weighted by molar-refractivity contribution is -0.141. The number of piperidine rings is 1. The molecule has 1 aliphatic rings. The Morgan fingerprint density at radius 2 is 1.89 bits per heavy atom. The number of likely N-dealkylation sites (tertiary alicyclic amines) is 1.